The minimum atomic E-state index is 0.0872. The van der Waals surface area contributed by atoms with E-state index in [1.54, 1.807) is 11.3 Å². The summed E-state index contributed by atoms with van der Waals surface area (Å²) in [5, 5.41) is 2.13. The van der Waals surface area contributed by atoms with Gasteiger partial charge in [0.2, 0.25) is 0 Å². The van der Waals surface area contributed by atoms with Crippen LogP contribution in [0.1, 0.15) is 41.9 Å². The zero-order valence-electron chi connectivity index (χ0n) is 12.7. The highest BCUT2D eigenvalue weighted by atomic mass is 32.1. The Bertz CT molecular complexity index is 534. The molecule has 0 aliphatic rings. The molecule has 108 valence electrons. The first kappa shape index (κ1) is 15.2. The van der Waals surface area contributed by atoms with Crippen LogP contribution in [0.3, 0.4) is 0 Å². The van der Waals surface area contributed by atoms with E-state index in [2.05, 4.69) is 74.5 Å². The molecule has 0 amide bonds. The molecule has 0 bridgehead atoms. The van der Waals surface area contributed by atoms with Crippen LogP contribution >= 0.6 is 11.3 Å². The normalized spacial score (nSPS) is 16.1. The van der Waals surface area contributed by atoms with Crippen molar-refractivity contribution in [1.82, 2.24) is 4.90 Å². The molecule has 2 aromatic rings. The van der Waals surface area contributed by atoms with Crippen LogP contribution in [0.25, 0.3) is 0 Å². The smallest absolute Gasteiger partial charge is 0.0499 e. The first-order chi connectivity index (χ1) is 9.50. The van der Waals surface area contributed by atoms with Gasteiger partial charge in [0, 0.05) is 23.0 Å². The van der Waals surface area contributed by atoms with Crippen molar-refractivity contribution in [2.75, 3.05) is 7.05 Å². The van der Waals surface area contributed by atoms with Gasteiger partial charge in [-0.15, -0.1) is 11.3 Å². The molecule has 3 unspecified atom stereocenters. The predicted octanol–water partition coefficient (Wildman–Crippen LogP) is 4.14. The summed E-state index contributed by atoms with van der Waals surface area (Å²) in [7, 11) is 2.17. The number of hydrogen-bond donors (Lipinski definition) is 1. The maximum absolute atomic E-state index is 6.27. The summed E-state index contributed by atoms with van der Waals surface area (Å²) in [6, 6.07) is 13.7. The van der Waals surface area contributed by atoms with Crippen LogP contribution in [0.4, 0.5) is 0 Å². The Morgan fingerprint density at radius 1 is 1.15 bits per heavy atom. The second kappa shape index (κ2) is 6.53. The topological polar surface area (TPSA) is 29.3 Å². The molecule has 1 heterocycles. The maximum Gasteiger partial charge on any atom is 0.0499 e. The van der Waals surface area contributed by atoms with Crippen molar-refractivity contribution in [1.29, 1.82) is 0 Å². The standard InChI is InChI=1S/C17H24N2S/c1-12-7-5-8-15(11-12)17(13(2)18)19(4)14(3)16-9-6-10-20-16/h5-11,13-14,17H,18H2,1-4H3. The average molecular weight is 288 g/mol. The molecule has 0 aliphatic heterocycles. The highest BCUT2D eigenvalue weighted by Gasteiger charge is 2.26. The fourth-order valence-corrected chi connectivity index (χ4v) is 3.57. The molecule has 1 aromatic carbocycles. The van der Waals surface area contributed by atoms with E-state index >= 15 is 0 Å². The highest BCUT2D eigenvalue weighted by Crippen LogP contribution is 2.32. The lowest BCUT2D eigenvalue weighted by Crippen LogP contribution is -2.38. The molecule has 0 saturated carbocycles. The molecule has 3 atom stereocenters. The van der Waals surface area contributed by atoms with Crippen molar-refractivity contribution in [3.63, 3.8) is 0 Å². The zero-order valence-corrected chi connectivity index (χ0v) is 13.5. The Kier molecular flexibility index (Phi) is 4.97. The van der Waals surface area contributed by atoms with E-state index in [4.69, 9.17) is 5.73 Å². The average Bonchev–Trinajstić information content (AvgIpc) is 2.91. The predicted molar refractivity (Wildman–Crippen MR) is 88.1 cm³/mol. The Labute approximate surface area is 126 Å². The molecule has 2 nitrogen and oxygen atoms in total. The number of nitrogens with two attached hydrogens (primary N) is 1. The number of likely N-dealkylation sites (N-methyl/N-ethyl adjacent to an activating group) is 1. The molecular weight excluding hydrogens is 264 g/mol. The molecular formula is C17H24N2S. The van der Waals surface area contributed by atoms with Crippen molar-refractivity contribution < 1.29 is 0 Å². The molecule has 1 aromatic heterocycles. The quantitative estimate of drug-likeness (QED) is 0.896. The highest BCUT2D eigenvalue weighted by molar-refractivity contribution is 7.10. The minimum absolute atomic E-state index is 0.0872. The van der Waals surface area contributed by atoms with Gasteiger partial charge in [-0.2, -0.15) is 0 Å². The van der Waals surface area contributed by atoms with Crippen molar-refractivity contribution in [2.24, 2.45) is 5.73 Å². The fourth-order valence-electron chi connectivity index (χ4n) is 2.73. The zero-order chi connectivity index (χ0) is 14.7. The van der Waals surface area contributed by atoms with Crippen LogP contribution in [0, 0.1) is 6.92 Å². The van der Waals surface area contributed by atoms with Crippen LogP contribution < -0.4 is 5.73 Å². The van der Waals surface area contributed by atoms with Gasteiger partial charge in [0.1, 0.15) is 0 Å². The number of nitrogens with zero attached hydrogens (tertiary/aromatic N) is 1. The second-order valence-electron chi connectivity index (χ2n) is 5.57. The molecule has 2 rings (SSSR count). The summed E-state index contributed by atoms with van der Waals surface area (Å²) in [6.07, 6.45) is 0. The van der Waals surface area contributed by atoms with E-state index in [0.29, 0.717) is 6.04 Å². The first-order valence-electron chi connectivity index (χ1n) is 7.08. The summed E-state index contributed by atoms with van der Waals surface area (Å²) in [6.45, 7) is 6.46. The van der Waals surface area contributed by atoms with Gasteiger partial charge in [-0.1, -0.05) is 35.9 Å². The largest absolute Gasteiger partial charge is 0.326 e. The SMILES string of the molecule is Cc1cccc(C(C(C)N)N(C)C(C)c2cccs2)c1. The number of thiophene rings is 1. The summed E-state index contributed by atoms with van der Waals surface area (Å²) in [4.78, 5) is 3.76. The lowest BCUT2D eigenvalue weighted by atomic mass is 9.96. The number of aryl methyl sites for hydroxylation is 1. The van der Waals surface area contributed by atoms with Crippen molar-refractivity contribution in [2.45, 2.75) is 38.9 Å². The third kappa shape index (κ3) is 3.29. The van der Waals surface area contributed by atoms with Gasteiger partial charge in [0.15, 0.2) is 0 Å². The second-order valence-corrected chi connectivity index (χ2v) is 6.55. The molecule has 3 heteroatoms. The van der Waals surface area contributed by atoms with E-state index in [-0.39, 0.29) is 12.1 Å². The van der Waals surface area contributed by atoms with Crippen molar-refractivity contribution >= 4 is 11.3 Å². The summed E-state index contributed by atoms with van der Waals surface area (Å²) < 4.78 is 0. The van der Waals surface area contributed by atoms with Crippen LogP contribution in [0.15, 0.2) is 41.8 Å². The third-order valence-electron chi connectivity index (χ3n) is 3.89. The number of rotatable bonds is 5. The van der Waals surface area contributed by atoms with E-state index in [1.807, 2.05) is 0 Å². The van der Waals surface area contributed by atoms with E-state index in [1.165, 1.54) is 16.0 Å². The maximum atomic E-state index is 6.27. The molecule has 0 aliphatic carbocycles. The Morgan fingerprint density at radius 3 is 2.45 bits per heavy atom. The van der Waals surface area contributed by atoms with Gasteiger partial charge in [-0.25, -0.2) is 0 Å². The molecule has 20 heavy (non-hydrogen) atoms. The van der Waals surface area contributed by atoms with Crippen LogP contribution in [0.5, 0.6) is 0 Å². The molecule has 0 saturated heterocycles. The van der Waals surface area contributed by atoms with Crippen molar-refractivity contribution in [3.8, 4) is 0 Å². The minimum Gasteiger partial charge on any atom is -0.326 e. The van der Waals surface area contributed by atoms with E-state index < -0.39 is 0 Å². The molecule has 0 spiro atoms. The van der Waals surface area contributed by atoms with E-state index in [9.17, 15) is 0 Å². The Hall–Kier alpha value is -1.16. The third-order valence-corrected chi connectivity index (χ3v) is 4.93. The summed E-state index contributed by atoms with van der Waals surface area (Å²) >= 11 is 1.80. The summed E-state index contributed by atoms with van der Waals surface area (Å²) in [5.74, 6) is 0. The summed E-state index contributed by atoms with van der Waals surface area (Å²) in [5.41, 5.74) is 8.85. The van der Waals surface area contributed by atoms with Gasteiger partial charge in [0.05, 0.1) is 0 Å². The van der Waals surface area contributed by atoms with Crippen LogP contribution in [-0.4, -0.2) is 18.0 Å². The van der Waals surface area contributed by atoms with Gasteiger partial charge in [0.25, 0.3) is 0 Å². The molecule has 2 N–H and O–H groups in total. The Morgan fingerprint density at radius 2 is 1.90 bits per heavy atom. The number of benzene rings is 1. The Balaban J connectivity index is 2.29. The van der Waals surface area contributed by atoms with Crippen LogP contribution in [-0.2, 0) is 0 Å². The van der Waals surface area contributed by atoms with Crippen LogP contribution in [0.2, 0.25) is 0 Å². The number of hydrogen-bond acceptors (Lipinski definition) is 3. The van der Waals surface area contributed by atoms with Gasteiger partial charge in [-0.05, 0) is 44.8 Å². The van der Waals surface area contributed by atoms with E-state index in [0.717, 1.165) is 0 Å². The fraction of sp³-hybridized carbons (Fsp3) is 0.412. The van der Waals surface area contributed by atoms with Gasteiger partial charge < -0.3 is 5.73 Å². The van der Waals surface area contributed by atoms with Crippen molar-refractivity contribution in [3.05, 3.63) is 57.8 Å². The lowest BCUT2D eigenvalue weighted by Gasteiger charge is -2.35. The van der Waals surface area contributed by atoms with Gasteiger partial charge in [-0.3, -0.25) is 4.90 Å². The monoisotopic (exact) mass is 288 g/mol. The molecule has 0 radical (unpaired) electrons. The van der Waals surface area contributed by atoms with Gasteiger partial charge >= 0.3 is 0 Å². The first-order valence-corrected chi connectivity index (χ1v) is 7.96. The molecule has 0 fully saturated rings. The lowest BCUT2D eigenvalue weighted by molar-refractivity contribution is 0.168.